The van der Waals surface area contributed by atoms with Crippen LogP contribution in [0.1, 0.15) is 12.0 Å². The number of alkyl halides is 1. The number of hydrogen-bond acceptors (Lipinski definition) is 2. The van der Waals surface area contributed by atoms with E-state index in [0.717, 1.165) is 4.47 Å². The Morgan fingerprint density at radius 1 is 1.60 bits per heavy atom. The molecule has 0 aliphatic heterocycles. The maximum atomic E-state index is 11.2. The average molecular weight is 288 g/mol. The number of benzene rings is 1. The first kappa shape index (κ1) is 12.0. The maximum absolute atomic E-state index is 11.2. The maximum Gasteiger partial charge on any atom is 0.225 e. The molecule has 15 heavy (non-hydrogen) atoms. The Bertz CT molecular complexity index is 414. The Morgan fingerprint density at radius 3 is 2.93 bits per heavy atom. The standard InChI is InChI=1S/C10H8BrClN2O/c11-8-1-2-9(7(5-8)6-13)14-10(15)3-4-12/h1-2,5H,3-4H2,(H,14,15). The van der Waals surface area contributed by atoms with Gasteiger partial charge in [0.2, 0.25) is 5.91 Å². The summed E-state index contributed by atoms with van der Waals surface area (Å²) < 4.78 is 0.800. The number of nitrogens with zero attached hydrogens (tertiary/aromatic N) is 1. The summed E-state index contributed by atoms with van der Waals surface area (Å²) in [6, 6.07) is 7.09. The van der Waals surface area contributed by atoms with E-state index in [2.05, 4.69) is 21.2 Å². The number of nitrogens with one attached hydrogen (secondary N) is 1. The van der Waals surface area contributed by atoms with Gasteiger partial charge in [0.15, 0.2) is 0 Å². The molecule has 5 heteroatoms. The van der Waals surface area contributed by atoms with E-state index in [1.807, 2.05) is 6.07 Å². The minimum atomic E-state index is -0.191. The largest absolute Gasteiger partial charge is 0.325 e. The highest BCUT2D eigenvalue weighted by Crippen LogP contribution is 2.20. The molecule has 0 saturated carbocycles. The molecule has 0 aliphatic carbocycles. The van der Waals surface area contributed by atoms with Gasteiger partial charge in [-0.2, -0.15) is 5.26 Å². The van der Waals surface area contributed by atoms with Gasteiger partial charge >= 0.3 is 0 Å². The lowest BCUT2D eigenvalue weighted by atomic mass is 10.2. The van der Waals surface area contributed by atoms with Gasteiger partial charge in [0, 0.05) is 16.8 Å². The van der Waals surface area contributed by atoms with Crippen LogP contribution in [0, 0.1) is 11.3 Å². The predicted molar refractivity (Wildman–Crippen MR) is 62.8 cm³/mol. The minimum Gasteiger partial charge on any atom is -0.325 e. The summed E-state index contributed by atoms with van der Waals surface area (Å²) in [5, 5.41) is 11.5. The van der Waals surface area contributed by atoms with Crippen LogP contribution in [0.2, 0.25) is 0 Å². The van der Waals surface area contributed by atoms with Crippen molar-refractivity contribution in [2.75, 3.05) is 11.2 Å². The smallest absolute Gasteiger partial charge is 0.225 e. The van der Waals surface area contributed by atoms with Crippen molar-refractivity contribution in [1.82, 2.24) is 0 Å². The van der Waals surface area contributed by atoms with E-state index in [4.69, 9.17) is 16.9 Å². The van der Waals surface area contributed by atoms with Gasteiger partial charge in [0.05, 0.1) is 11.3 Å². The highest BCUT2D eigenvalue weighted by molar-refractivity contribution is 9.10. The van der Waals surface area contributed by atoms with Crippen LogP contribution in [0.5, 0.6) is 0 Å². The molecule has 0 saturated heterocycles. The number of nitriles is 1. The van der Waals surface area contributed by atoms with E-state index in [1.54, 1.807) is 18.2 Å². The molecule has 1 aromatic rings. The quantitative estimate of drug-likeness (QED) is 0.869. The predicted octanol–water partition coefficient (Wildman–Crippen LogP) is 2.89. The molecule has 0 radical (unpaired) electrons. The number of carbonyl (C=O) groups excluding carboxylic acids is 1. The summed E-state index contributed by atoms with van der Waals surface area (Å²) in [6.07, 6.45) is 0.239. The molecule has 0 atom stereocenters. The lowest BCUT2D eigenvalue weighted by Gasteiger charge is -2.05. The molecular formula is C10H8BrClN2O. The molecule has 1 aromatic carbocycles. The average Bonchev–Trinajstić information content (AvgIpc) is 2.21. The van der Waals surface area contributed by atoms with E-state index >= 15 is 0 Å². The Balaban J connectivity index is 2.86. The first-order chi connectivity index (χ1) is 7.17. The van der Waals surface area contributed by atoms with Crippen molar-refractivity contribution < 1.29 is 4.79 Å². The van der Waals surface area contributed by atoms with Gasteiger partial charge in [-0.15, -0.1) is 11.6 Å². The van der Waals surface area contributed by atoms with Crippen molar-refractivity contribution in [2.45, 2.75) is 6.42 Å². The molecule has 0 bridgehead atoms. The van der Waals surface area contributed by atoms with Crippen LogP contribution in [0.15, 0.2) is 22.7 Å². The van der Waals surface area contributed by atoms with Gasteiger partial charge in [-0.05, 0) is 18.2 Å². The third-order valence-electron chi connectivity index (χ3n) is 1.70. The molecule has 0 aliphatic rings. The molecule has 3 nitrogen and oxygen atoms in total. The Labute approximate surface area is 101 Å². The van der Waals surface area contributed by atoms with Crippen molar-refractivity contribution in [3.05, 3.63) is 28.2 Å². The summed E-state index contributed by atoms with van der Waals surface area (Å²) in [6.45, 7) is 0. The van der Waals surface area contributed by atoms with Crippen molar-refractivity contribution in [1.29, 1.82) is 5.26 Å². The van der Waals surface area contributed by atoms with Crippen LogP contribution in [-0.4, -0.2) is 11.8 Å². The highest BCUT2D eigenvalue weighted by Gasteiger charge is 2.06. The zero-order valence-corrected chi connectivity index (χ0v) is 10.1. The third kappa shape index (κ3) is 3.54. The topological polar surface area (TPSA) is 52.9 Å². The first-order valence-corrected chi connectivity index (χ1v) is 5.55. The normalized spacial score (nSPS) is 9.40. The fourth-order valence-corrected chi connectivity index (χ4v) is 1.55. The number of amides is 1. The van der Waals surface area contributed by atoms with Crippen LogP contribution in [0.3, 0.4) is 0 Å². The monoisotopic (exact) mass is 286 g/mol. The molecule has 0 heterocycles. The Kier molecular flexibility index (Phi) is 4.60. The first-order valence-electron chi connectivity index (χ1n) is 4.23. The van der Waals surface area contributed by atoms with Crippen molar-refractivity contribution in [2.24, 2.45) is 0 Å². The van der Waals surface area contributed by atoms with E-state index in [-0.39, 0.29) is 18.2 Å². The van der Waals surface area contributed by atoms with Gasteiger partial charge < -0.3 is 5.32 Å². The number of carbonyl (C=O) groups is 1. The fraction of sp³-hybridized carbons (Fsp3) is 0.200. The molecule has 1 N–H and O–H groups in total. The van der Waals surface area contributed by atoms with Crippen LogP contribution < -0.4 is 5.32 Å². The number of hydrogen-bond donors (Lipinski definition) is 1. The van der Waals surface area contributed by atoms with Crippen LogP contribution in [0.4, 0.5) is 5.69 Å². The molecular weight excluding hydrogens is 279 g/mol. The van der Waals surface area contributed by atoms with E-state index in [1.165, 1.54) is 0 Å². The summed E-state index contributed by atoms with van der Waals surface area (Å²) >= 11 is 8.68. The zero-order valence-electron chi connectivity index (χ0n) is 7.76. The second-order valence-electron chi connectivity index (χ2n) is 2.79. The van der Waals surface area contributed by atoms with E-state index in [9.17, 15) is 4.79 Å². The van der Waals surface area contributed by atoms with Gasteiger partial charge in [-0.3, -0.25) is 4.79 Å². The third-order valence-corrected chi connectivity index (χ3v) is 2.38. The summed E-state index contributed by atoms with van der Waals surface area (Å²) in [5.41, 5.74) is 0.933. The number of rotatable bonds is 3. The molecule has 0 unspecified atom stereocenters. The number of anilines is 1. The summed E-state index contributed by atoms with van der Waals surface area (Å²) in [4.78, 5) is 11.2. The van der Waals surface area contributed by atoms with Gasteiger partial charge in [0.25, 0.3) is 0 Å². The molecule has 0 spiro atoms. The molecule has 0 fully saturated rings. The fourth-order valence-electron chi connectivity index (χ4n) is 1.02. The van der Waals surface area contributed by atoms with E-state index in [0.29, 0.717) is 11.3 Å². The zero-order chi connectivity index (χ0) is 11.3. The van der Waals surface area contributed by atoms with Crippen molar-refractivity contribution in [3.8, 4) is 6.07 Å². The highest BCUT2D eigenvalue weighted by atomic mass is 79.9. The number of halogens is 2. The second kappa shape index (κ2) is 5.74. The minimum absolute atomic E-state index is 0.191. The van der Waals surface area contributed by atoms with Crippen molar-refractivity contribution in [3.63, 3.8) is 0 Å². The summed E-state index contributed by atoms with van der Waals surface area (Å²) in [7, 11) is 0. The Hall–Kier alpha value is -1.05. The Morgan fingerprint density at radius 2 is 2.33 bits per heavy atom. The van der Waals surface area contributed by atoms with Gasteiger partial charge in [-0.25, -0.2) is 0 Å². The molecule has 1 amide bonds. The molecule has 0 aromatic heterocycles. The van der Waals surface area contributed by atoms with Crippen LogP contribution in [0.25, 0.3) is 0 Å². The lowest BCUT2D eigenvalue weighted by Crippen LogP contribution is -2.12. The van der Waals surface area contributed by atoms with Crippen LogP contribution in [-0.2, 0) is 4.79 Å². The van der Waals surface area contributed by atoms with E-state index < -0.39 is 0 Å². The van der Waals surface area contributed by atoms with Gasteiger partial charge in [0.1, 0.15) is 6.07 Å². The van der Waals surface area contributed by atoms with Gasteiger partial charge in [-0.1, -0.05) is 15.9 Å². The SMILES string of the molecule is N#Cc1cc(Br)ccc1NC(=O)CCCl. The summed E-state index contributed by atoms with van der Waals surface area (Å²) in [5.74, 6) is 0.0772. The lowest BCUT2D eigenvalue weighted by molar-refractivity contribution is -0.115. The molecule has 78 valence electrons. The molecule has 1 rings (SSSR count). The second-order valence-corrected chi connectivity index (χ2v) is 4.08. The van der Waals surface area contributed by atoms with Crippen LogP contribution >= 0.6 is 27.5 Å². The van der Waals surface area contributed by atoms with Crippen molar-refractivity contribution >= 4 is 39.1 Å².